The number of benzene rings is 3. The fraction of sp³-hybridized carbons (Fsp3) is 0.231. The van der Waals surface area contributed by atoms with Gasteiger partial charge in [-0.3, -0.25) is 29.4 Å². The highest BCUT2D eigenvalue weighted by atomic mass is 16.5. The average molecular weight is 712 g/mol. The zero-order chi connectivity index (χ0) is 36.6. The van der Waals surface area contributed by atoms with Crippen LogP contribution >= 0.6 is 0 Å². The summed E-state index contributed by atoms with van der Waals surface area (Å²) in [5, 5.41) is 17.7. The summed E-state index contributed by atoms with van der Waals surface area (Å²) in [5.74, 6) is 0.390. The van der Waals surface area contributed by atoms with E-state index in [1.165, 1.54) is 0 Å². The molecule has 14 heteroatoms. The van der Waals surface area contributed by atoms with Gasteiger partial charge in [0, 0.05) is 49.9 Å². The number of amides is 4. The number of carbonyl (C=O) groups excluding carboxylic acids is 4. The Hall–Kier alpha value is -6.70. The molecule has 8 rings (SSSR count). The summed E-state index contributed by atoms with van der Waals surface area (Å²) in [7, 11) is 0. The molecule has 3 aromatic carbocycles. The molecule has 2 unspecified atom stereocenters. The number of ether oxygens (including phenoxy) is 2. The summed E-state index contributed by atoms with van der Waals surface area (Å²) < 4.78 is 17.1. The van der Waals surface area contributed by atoms with Gasteiger partial charge in [0.15, 0.2) is 0 Å². The molecular weight excluding hydrogens is 678 g/mol. The predicted octanol–water partition coefficient (Wildman–Crippen LogP) is 5.37. The van der Waals surface area contributed by atoms with Crippen molar-refractivity contribution in [3.63, 3.8) is 0 Å². The first kappa shape index (κ1) is 33.4. The van der Waals surface area contributed by atoms with Crippen LogP contribution in [0.1, 0.15) is 69.3 Å². The first-order chi connectivity index (χ1) is 25.7. The molecule has 5 aromatic rings. The lowest BCUT2D eigenvalue weighted by molar-refractivity contribution is -0.136. The Morgan fingerprint density at radius 2 is 1.62 bits per heavy atom. The van der Waals surface area contributed by atoms with Crippen LogP contribution in [0.15, 0.2) is 96.0 Å². The zero-order valence-corrected chi connectivity index (χ0v) is 28.5. The summed E-state index contributed by atoms with van der Waals surface area (Å²) in [6.07, 6.45) is 3.62. The molecule has 2 aromatic heterocycles. The zero-order valence-electron chi connectivity index (χ0n) is 28.5. The Morgan fingerprint density at radius 1 is 0.906 bits per heavy atom. The van der Waals surface area contributed by atoms with Crippen molar-refractivity contribution in [2.24, 2.45) is 0 Å². The molecule has 2 N–H and O–H groups in total. The highest BCUT2D eigenvalue weighted by Crippen LogP contribution is 2.34. The number of fused-ring (bicyclic) bond motifs is 1. The summed E-state index contributed by atoms with van der Waals surface area (Å²) in [6, 6.07) is 23.3. The molecule has 2 aliphatic heterocycles. The van der Waals surface area contributed by atoms with Crippen molar-refractivity contribution in [1.29, 1.82) is 0 Å². The highest BCUT2D eigenvalue weighted by Gasteiger charge is 2.44. The minimum Gasteiger partial charge on any atom is -0.490 e. The minimum atomic E-state index is -0.994. The maximum absolute atomic E-state index is 13.2. The maximum atomic E-state index is 13.2. The number of nitrogens with zero attached hydrogens (tertiary/aromatic N) is 5. The molecule has 0 radical (unpaired) electrons. The van der Waals surface area contributed by atoms with E-state index in [0.717, 1.165) is 34.6 Å². The number of aromatic nitrogens is 4. The second-order valence-electron chi connectivity index (χ2n) is 13.1. The summed E-state index contributed by atoms with van der Waals surface area (Å²) in [6.45, 7) is 5.77. The number of carbonyl (C=O) groups is 4. The number of rotatable bonds is 11. The minimum absolute atomic E-state index is 0.0193. The fourth-order valence-corrected chi connectivity index (χ4v) is 6.75. The number of piperidine rings is 1. The van der Waals surface area contributed by atoms with E-state index in [4.69, 9.17) is 14.0 Å². The molecule has 53 heavy (non-hydrogen) atoms. The van der Waals surface area contributed by atoms with Gasteiger partial charge in [-0.15, -0.1) is 16.8 Å². The lowest BCUT2D eigenvalue weighted by atomic mass is 9.88. The van der Waals surface area contributed by atoms with E-state index >= 15 is 0 Å². The SMILES string of the molecule is C=CC(c1ccc(Oc2ccc(-c3noc(C)n3)nn2)cc1)c1ccc(O[C@H]2C[C@H](Nc3ccc4c(c3)C(=O)N(C3CCC(=O)NC3=O)C4=O)C2)cc1. The molecule has 1 saturated heterocycles. The summed E-state index contributed by atoms with van der Waals surface area (Å²) >= 11 is 0. The molecule has 1 aliphatic carbocycles. The molecule has 0 bridgehead atoms. The van der Waals surface area contributed by atoms with Gasteiger partial charge in [-0.2, -0.15) is 4.98 Å². The topological polar surface area (TPSA) is 179 Å². The van der Waals surface area contributed by atoms with Gasteiger partial charge in [0.2, 0.25) is 29.4 Å². The molecule has 4 heterocycles. The maximum Gasteiger partial charge on any atom is 0.262 e. The molecule has 14 nitrogen and oxygen atoms in total. The molecule has 4 amide bonds. The Balaban J connectivity index is 0.827. The number of anilines is 1. The van der Waals surface area contributed by atoms with Gasteiger partial charge in [0.05, 0.1) is 11.1 Å². The van der Waals surface area contributed by atoms with E-state index in [9.17, 15) is 19.2 Å². The van der Waals surface area contributed by atoms with Crippen LogP contribution in [0.5, 0.6) is 17.4 Å². The van der Waals surface area contributed by atoms with Crippen LogP contribution in [-0.2, 0) is 9.59 Å². The van der Waals surface area contributed by atoms with Crippen LogP contribution in [0.25, 0.3) is 11.5 Å². The van der Waals surface area contributed by atoms with E-state index < -0.39 is 29.7 Å². The monoisotopic (exact) mass is 711 g/mol. The van der Waals surface area contributed by atoms with Gasteiger partial charge in [-0.1, -0.05) is 35.5 Å². The van der Waals surface area contributed by atoms with Crippen LogP contribution in [0, 0.1) is 6.92 Å². The number of imide groups is 2. The number of hydrogen-bond donors (Lipinski definition) is 2. The van der Waals surface area contributed by atoms with Crippen molar-refractivity contribution in [3.8, 4) is 28.9 Å². The molecule has 0 spiro atoms. The van der Waals surface area contributed by atoms with Crippen LogP contribution < -0.4 is 20.1 Å². The van der Waals surface area contributed by atoms with Gasteiger partial charge in [-0.05, 0) is 66.1 Å². The Bertz CT molecular complexity index is 2230. The molecule has 2 fully saturated rings. The summed E-state index contributed by atoms with van der Waals surface area (Å²) in [5.41, 5.74) is 3.79. The van der Waals surface area contributed by atoms with Crippen molar-refractivity contribution >= 4 is 29.3 Å². The van der Waals surface area contributed by atoms with E-state index in [-0.39, 0.29) is 42.0 Å². The third-order valence-electron chi connectivity index (χ3n) is 9.54. The van der Waals surface area contributed by atoms with Gasteiger partial charge in [-0.25, -0.2) is 0 Å². The third-order valence-corrected chi connectivity index (χ3v) is 9.54. The largest absolute Gasteiger partial charge is 0.490 e. The van der Waals surface area contributed by atoms with E-state index in [1.807, 2.05) is 54.6 Å². The molecule has 266 valence electrons. The van der Waals surface area contributed by atoms with Crippen LogP contribution in [0.4, 0.5) is 5.69 Å². The lowest BCUT2D eigenvalue weighted by Gasteiger charge is -2.36. The standard InChI is InChI=1S/C39H33N7O7/c1-3-29(23-6-11-27(12-7-23)52-35-17-14-32(43-44-35)36-40-21(2)53-45-36)22-4-9-26(10-5-22)51-28-18-25(19-28)41-24-8-13-30-31(20-24)39(50)46(38(30)49)33-15-16-34(47)42-37(33)48/h3-14,17,20,25,28-29,33,41H,1,15-16,18-19H2,2H3,(H,42,47,48)/t25-,28-,29?,33?. The first-order valence-corrected chi connectivity index (χ1v) is 17.2. The van der Waals surface area contributed by atoms with Crippen LogP contribution in [0.3, 0.4) is 0 Å². The second-order valence-corrected chi connectivity index (χ2v) is 13.1. The Morgan fingerprint density at radius 3 is 2.26 bits per heavy atom. The van der Waals surface area contributed by atoms with Crippen LogP contribution in [0.2, 0.25) is 0 Å². The van der Waals surface area contributed by atoms with Crippen molar-refractivity contribution in [2.75, 3.05) is 5.32 Å². The number of aryl methyl sites for hydroxylation is 1. The number of hydrogen-bond acceptors (Lipinski definition) is 12. The normalized spacial score (nSPS) is 19.9. The van der Waals surface area contributed by atoms with Crippen molar-refractivity contribution < 1.29 is 33.2 Å². The van der Waals surface area contributed by atoms with Crippen molar-refractivity contribution in [1.82, 2.24) is 30.6 Å². The molecule has 3 aliphatic rings. The van der Waals surface area contributed by atoms with Gasteiger partial charge in [0.1, 0.15) is 29.3 Å². The lowest BCUT2D eigenvalue weighted by Crippen LogP contribution is -2.54. The Kier molecular flexibility index (Phi) is 8.70. The molecule has 2 atom stereocenters. The quantitative estimate of drug-likeness (QED) is 0.132. The predicted molar refractivity (Wildman–Crippen MR) is 189 cm³/mol. The fourth-order valence-electron chi connectivity index (χ4n) is 6.75. The molecular formula is C39H33N7O7. The van der Waals surface area contributed by atoms with Gasteiger partial charge >= 0.3 is 0 Å². The Labute approximate surface area is 303 Å². The highest BCUT2D eigenvalue weighted by molar-refractivity contribution is 6.23. The van der Waals surface area contributed by atoms with Gasteiger partial charge < -0.3 is 19.3 Å². The number of nitrogens with one attached hydrogen (secondary N) is 2. The van der Waals surface area contributed by atoms with Crippen molar-refractivity contribution in [2.45, 2.75) is 56.7 Å². The smallest absolute Gasteiger partial charge is 0.262 e. The summed E-state index contributed by atoms with van der Waals surface area (Å²) in [4.78, 5) is 55.2. The number of allylic oxidation sites excluding steroid dienone is 1. The van der Waals surface area contributed by atoms with E-state index in [1.54, 1.807) is 37.3 Å². The van der Waals surface area contributed by atoms with Crippen LogP contribution in [-0.4, -0.2) is 67.1 Å². The van der Waals surface area contributed by atoms with Gasteiger partial charge in [0.25, 0.3) is 11.8 Å². The van der Waals surface area contributed by atoms with Crippen molar-refractivity contribution in [3.05, 3.63) is 120 Å². The average Bonchev–Trinajstić information content (AvgIpc) is 3.69. The van der Waals surface area contributed by atoms with E-state index in [2.05, 4.69) is 37.6 Å². The third kappa shape index (κ3) is 6.73. The first-order valence-electron chi connectivity index (χ1n) is 17.2. The van der Waals surface area contributed by atoms with E-state index in [0.29, 0.717) is 34.7 Å². The molecule has 1 saturated carbocycles. The second kappa shape index (κ2) is 13.8.